The van der Waals surface area contributed by atoms with Gasteiger partial charge in [-0.3, -0.25) is 10.6 Å². The van der Waals surface area contributed by atoms with E-state index in [4.69, 9.17) is 5.84 Å². The maximum Gasteiger partial charge on any atom is 0.416 e. The SMILES string of the molecule is CC1CCCC1NC(=O)c1cc(C(F)(F)F)ccc1NN. The number of benzene rings is 1. The molecule has 0 bridgehead atoms. The van der Waals surface area contributed by atoms with Crippen molar-refractivity contribution in [3.05, 3.63) is 29.3 Å². The van der Waals surface area contributed by atoms with Crippen LogP contribution in [0.4, 0.5) is 18.9 Å². The van der Waals surface area contributed by atoms with E-state index in [0.29, 0.717) is 5.92 Å². The average Bonchev–Trinajstić information content (AvgIpc) is 2.82. The minimum Gasteiger partial charge on any atom is -0.349 e. The largest absolute Gasteiger partial charge is 0.416 e. The van der Waals surface area contributed by atoms with Gasteiger partial charge in [0.25, 0.3) is 5.91 Å². The predicted octanol–water partition coefficient (Wildman–Crippen LogP) is 2.91. The van der Waals surface area contributed by atoms with Gasteiger partial charge >= 0.3 is 6.18 Å². The van der Waals surface area contributed by atoms with Crippen LogP contribution in [0.1, 0.15) is 42.1 Å². The third-order valence-electron chi connectivity index (χ3n) is 3.92. The standard InChI is InChI=1S/C14H18F3N3O/c1-8-3-2-4-11(8)19-13(21)10-7-9(14(15,16)17)5-6-12(10)20-18/h5-8,11,20H,2-4,18H2,1H3,(H,19,21). The number of anilines is 1. The number of carbonyl (C=O) groups excluding carboxylic acids is 1. The predicted molar refractivity (Wildman–Crippen MR) is 73.5 cm³/mol. The highest BCUT2D eigenvalue weighted by Crippen LogP contribution is 2.32. The second-order valence-corrected chi connectivity index (χ2v) is 5.39. The molecule has 2 rings (SSSR count). The molecule has 1 saturated carbocycles. The monoisotopic (exact) mass is 301 g/mol. The van der Waals surface area contributed by atoms with E-state index in [0.717, 1.165) is 37.5 Å². The van der Waals surface area contributed by atoms with Crippen LogP contribution >= 0.6 is 0 Å². The lowest BCUT2D eigenvalue weighted by Crippen LogP contribution is -2.37. The second-order valence-electron chi connectivity index (χ2n) is 5.39. The molecule has 0 saturated heterocycles. The smallest absolute Gasteiger partial charge is 0.349 e. The number of alkyl halides is 3. The molecule has 2 unspecified atom stereocenters. The first-order valence-electron chi connectivity index (χ1n) is 6.81. The molecule has 7 heteroatoms. The van der Waals surface area contributed by atoms with Crippen LogP contribution in [0, 0.1) is 5.92 Å². The van der Waals surface area contributed by atoms with Crippen molar-refractivity contribution in [2.75, 3.05) is 5.43 Å². The highest BCUT2D eigenvalue weighted by atomic mass is 19.4. The van der Waals surface area contributed by atoms with Crippen LogP contribution in [-0.2, 0) is 6.18 Å². The summed E-state index contributed by atoms with van der Waals surface area (Å²) in [6.45, 7) is 2.02. The Labute approximate surface area is 120 Å². The van der Waals surface area contributed by atoms with Crippen molar-refractivity contribution in [2.45, 2.75) is 38.4 Å². The van der Waals surface area contributed by atoms with E-state index in [1.807, 2.05) is 6.92 Å². The first-order valence-corrected chi connectivity index (χ1v) is 6.81. The zero-order chi connectivity index (χ0) is 15.6. The Hall–Kier alpha value is -1.76. The molecule has 1 aliphatic carbocycles. The van der Waals surface area contributed by atoms with E-state index < -0.39 is 17.6 Å². The minimum atomic E-state index is -4.50. The van der Waals surface area contributed by atoms with E-state index in [1.165, 1.54) is 0 Å². The number of nitrogens with one attached hydrogen (secondary N) is 2. The summed E-state index contributed by atoms with van der Waals surface area (Å²) in [7, 11) is 0. The van der Waals surface area contributed by atoms with Crippen LogP contribution in [0.5, 0.6) is 0 Å². The van der Waals surface area contributed by atoms with Crippen LogP contribution in [0.3, 0.4) is 0 Å². The van der Waals surface area contributed by atoms with Crippen LogP contribution in [-0.4, -0.2) is 11.9 Å². The molecular weight excluding hydrogens is 283 g/mol. The number of hydrogen-bond donors (Lipinski definition) is 3. The second kappa shape index (κ2) is 5.93. The van der Waals surface area contributed by atoms with E-state index in [-0.39, 0.29) is 17.3 Å². The molecule has 0 heterocycles. The van der Waals surface area contributed by atoms with E-state index in [1.54, 1.807) is 0 Å². The molecule has 1 aromatic rings. The van der Waals surface area contributed by atoms with Crippen LogP contribution in [0.2, 0.25) is 0 Å². The molecule has 2 atom stereocenters. The van der Waals surface area contributed by atoms with Gasteiger partial charge < -0.3 is 10.7 Å². The molecule has 0 aliphatic heterocycles. The fraction of sp³-hybridized carbons (Fsp3) is 0.500. The molecule has 21 heavy (non-hydrogen) atoms. The number of hydrogen-bond acceptors (Lipinski definition) is 3. The topological polar surface area (TPSA) is 67.2 Å². The normalized spacial score (nSPS) is 22.1. The maximum atomic E-state index is 12.8. The zero-order valence-corrected chi connectivity index (χ0v) is 11.6. The Morgan fingerprint density at radius 1 is 1.33 bits per heavy atom. The molecule has 4 nitrogen and oxygen atoms in total. The van der Waals surface area contributed by atoms with Gasteiger partial charge in [-0.1, -0.05) is 13.3 Å². The van der Waals surface area contributed by atoms with Crippen molar-refractivity contribution in [3.8, 4) is 0 Å². The molecule has 4 N–H and O–H groups in total. The Balaban J connectivity index is 2.25. The molecule has 116 valence electrons. The number of nitrogen functional groups attached to an aromatic ring is 1. The summed E-state index contributed by atoms with van der Waals surface area (Å²) in [6, 6.07) is 2.88. The van der Waals surface area contributed by atoms with Crippen LogP contribution in [0.15, 0.2) is 18.2 Å². The zero-order valence-electron chi connectivity index (χ0n) is 11.6. The van der Waals surface area contributed by atoms with E-state index >= 15 is 0 Å². The number of carbonyl (C=O) groups is 1. The summed E-state index contributed by atoms with van der Waals surface area (Å²) in [4.78, 5) is 12.2. The lowest BCUT2D eigenvalue weighted by Gasteiger charge is -2.19. The van der Waals surface area contributed by atoms with Gasteiger partial charge in [0.1, 0.15) is 0 Å². The Kier molecular flexibility index (Phi) is 4.41. The third-order valence-corrected chi connectivity index (χ3v) is 3.92. The summed E-state index contributed by atoms with van der Waals surface area (Å²) in [5, 5.41) is 2.80. The molecule has 1 fully saturated rings. The van der Waals surface area contributed by atoms with Gasteiger partial charge in [0, 0.05) is 6.04 Å². The molecule has 0 radical (unpaired) electrons. The van der Waals surface area contributed by atoms with Crippen molar-refractivity contribution in [3.63, 3.8) is 0 Å². The average molecular weight is 301 g/mol. The first kappa shape index (κ1) is 15.6. The number of hydrazine groups is 1. The fourth-order valence-electron chi connectivity index (χ4n) is 2.64. The van der Waals surface area contributed by atoms with E-state index in [2.05, 4.69) is 10.7 Å². The maximum absolute atomic E-state index is 12.8. The van der Waals surface area contributed by atoms with Gasteiger partial charge in [-0.25, -0.2) is 0 Å². The summed E-state index contributed by atoms with van der Waals surface area (Å²) in [5.41, 5.74) is 1.47. The van der Waals surface area contributed by atoms with Crippen LogP contribution in [0.25, 0.3) is 0 Å². The first-order chi connectivity index (χ1) is 9.82. The highest BCUT2D eigenvalue weighted by Gasteiger charge is 2.32. The lowest BCUT2D eigenvalue weighted by molar-refractivity contribution is -0.137. The van der Waals surface area contributed by atoms with Crippen molar-refractivity contribution in [2.24, 2.45) is 11.8 Å². The molecule has 0 spiro atoms. The summed E-state index contributed by atoms with van der Waals surface area (Å²) >= 11 is 0. The molecule has 1 aliphatic rings. The Morgan fingerprint density at radius 3 is 2.57 bits per heavy atom. The molecule has 1 amide bonds. The number of amides is 1. The molecule has 0 aromatic heterocycles. The van der Waals surface area contributed by atoms with Crippen molar-refractivity contribution >= 4 is 11.6 Å². The fourth-order valence-corrected chi connectivity index (χ4v) is 2.64. The summed E-state index contributed by atoms with van der Waals surface area (Å²) in [6.07, 6.45) is -1.63. The number of halogens is 3. The highest BCUT2D eigenvalue weighted by molar-refractivity contribution is 6.00. The van der Waals surface area contributed by atoms with Crippen molar-refractivity contribution in [1.29, 1.82) is 0 Å². The number of nitrogens with two attached hydrogens (primary N) is 1. The van der Waals surface area contributed by atoms with Gasteiger partial charge in [-0.05, 0) is 37.0 Å². The Morgan fingerprint density at radius 2 is 2.05 bits per heavy atom. The van der Waals surface area contributed by atoms with Gasteiger partial charge in [0.05, 0.1) is 16.8 Å². The molecule has 1 aromatic carbocycles. The van der Waals surface area contributed by atoms with Crippen molar-refractivity contribution in [1.82, 2.24) is 5.32 Å². The van der Waals surface area contributed by atoms with Gasteiger partial charge in [-0.2, -0.15) is 13.2 Å². The van der Waals surface area contributed by atoms with Gasteiger partial charge in [0.2, 0.25) is 0 Å². The quantitative estimate of drug-likeness (QED) is 0.594. The van der Waals surface area contributed by atoms with Crippen molar-refractivity contribution < 1.29 is 18.0 Å². The minimum absolute atomic E-state index is 0.00216. The Bertz CT molecular complexity index is 531. The van der Waals surface area contributed by atoms with Gasteiger partial charge in [-0.15, -0.1) is 0 Å². The summed E-state index contributed by atoms with van der Waals surface area (Å²) in [5.74, 6) is 5.07. The van der Waals surface area contributed by atoms with E-state index in [9.17, 15) is 18.0 Å². The lowest BCUT2D eigenvalue weighted by atomic mass is 10.0. The van der Waals surface area contributed by atoms with Gasteiger partial charge in [0.15, 0.2) is 0 Å². The van der Waals surface area contributed by atoms with Crippen LogP contribution < -0.4 is 16.6 Å². The third kappa shape index (κ3) is 3.47. The number of rotatable bonds is 3. The summed E-state index contributed by atoms with van der Waals surface area (Å²) < 4.78 is 38.3. The molecular formula is C14H18F3N3O.